The second kappa shape index (κ2) is 4.87. The minimum atomic E-state index is 0.676. The zero-order valence-corrected chi connectivity index (χ0v) is 9.65. The molecule has 1 heterocycles. The first-order valence-corrected chi connectivity index (χ1v) is 5.74. The number of rotatable bonds is 3. The maximum atomic E-state index is 4.28. The molecule has 12 heavy (non-hydrogen) atoms. The topological polar surface area (TPSA) is 12.9 Å². The molecule has 0 aromatic carbocycles. The van der Waals surface area contributed by atoms with Crippen LogP contribution in [0.5, 0.6) is 0 Å². The SMILES string of the molecule is CC(C)SCc1ccc(Br)cn1. The standard InChI is InChI=1S/C9H12BrNS/c1-7(2)12-6-9-4-3-8(10)5-11-9/h3-5,7H,6H2,1-2H3. The molecule has 1 aromatic heterocycles. The van der Waals surface area contributed by atoms with Crippen molar-refractivity contribution in [3.8, 4) is 0 Å². The molecule has 0 aliphatic rings. The molecule has 0 atom stereocenters. The third-order valence-electron chi connectivity index (χ3n) is 1.35. The molecule has 0 bridgehead atoms. The van der Waals surface area contributed by atoms with E-state index in [2.05, 4.69) is 40.8 Å². The highest BCUT2D eigenvalue weighted by Gasteiger charge is 1.97. The molecule has 0 radical (unpaired) electrons. The third kappa shape index (κ3) is 3.59. The van der Waals surface area contributed by atoms with Gasteiger partial charge in [0.1, 0.15) is 0 Å². The summed E-state index contributed by atoms with van der Waals surface area (Å²) in [6, 6.07) is 4.09. The normalized spacial score (nSPS) is 10.7. The van der Waals surface area contributed by atoms with Gasteiger partial charge >= 0.3 is 0 Å². The smallest absolute Gasteiger partial charge is 0.0503 e. The lowest BCUT2D eigenvalue weighted by Gasteiger charge is -2.03. The number of pyridine rings is 1. The van der Waals surface area contributed by atoms with Gasteiger partial charge in [0.05, 0.1) is 5.69 Å². The van der Waals surface area contributed by atoms with Gasteiger partial charge in [-0.3, -0.25) is 4.98 Å². The van der Waals surface area contributed by atoms with Crippen LogP contribution in [-0.2, 0) is 5.75 Å². The first-order chi connectivity index (χ1) is 5.68. The number of hydrogen-bond donors (Lipinski definition) is 0. The van der Waals surface area contributed by atoms with E-state index in [9.17, 15) is 0 Å². The first-order valence-electron chi connectivity index (χ1n) is 3.90. The summed E-state index contributed by atoms with van der Waals surface area (Å²) in [5.41, 5.74) is 1.15. The molecule has 3 heteroatoms. The lowest BCUT2D eigenvalue weighted by molar-refractivity contribution is 1.09. The highest BCUT2D eigenvalue weighted by atomic mass is 79.9. The van der Waals surface area contributed by atoms with Crippen molar-refractivity contribution in [1.82, 2.24) is 4.98 Å². The molecule has 1 rings (SSSR count). The van der Waals surface area contributed by atoms with Gasteiger partial charge in [0, 0.05) is 16.4 Å². The maximum absolute atomic E-state index is 4.28. The average molecular weight is 246 g/mol. The lowest BCUT2D eigenvalue weighted by atomic mass is 10.4. The summed E-state index contributed by atoms with van der Waals surface area (Å²) >= 11 is 5.27. The van der Waals surface area contributed by atoms with Crippen LogP contribution in [-0.4, -0.2) is 10.2 Å². The van der Waals surface area contributed by atoms with Gasteiger partial charge in [0.2, 0.25) is 0 Å². The number of nitrogens with zero attached hydrogens (tertiary/aromatic N) is 1. The van der Waals surface area contributed by atoms with Crippen molar-refractivity contribution < 1.29 is 0 Å². The Labute approximate surface area is 86.1 Å². The Bertz CT molecular complexity index is 233. The minimum absolute atomic E-state index is 0.676. The van der Waals surface area contributed by atoms with Crippen molar-refractivity contribution in [2.75, 3.05) is 0 Å². The Morgan fingerprint density at radius 2 is 2.25 bits per heavy atom. The highest BCUT2D eigenvalue weighted by molar-refractivity contribution is 9.10. The van der Waals surface area contributed by atoms with E-state index in [1.807, 2.05) is 24.0 Å². The van der Waals surface area contributed by atoms with Crippen molar-refractivity contribution in [1.29, 1.82) is 0 Å². The second-order valence-electron chi connectivity index (χ2n) is 2.83. The summed E-state index contributed by atoms with van der Waals surface area (Å²) in [5, 5.41) is 0.676. The van der Waals surface area contributed by atoms with Crippen LogP contribution in [0, 0.1) is 0 Å². The van der Waals surface area contributed by atoms with E-state index >= 15 is 0 Å². The molecule has 0 aliphatic heterocycles. The molecule has 0 unspecified atom stereocenters. The third-order valence-corrected chi connectivity index (χ3v) is 2.95. The van der Waals surface area contributed by atoms with Gasteiger partial charge in [0.15, 0.2) is 0 Å². The Kier molecular flexibility index (Phi) is 4.09. The number of aromatic nitrogens is 1. The van der Waals surface area contributed by atoms with Crippen LogP contribution in [0.3, 0.4) is 0 Å². The van der Waals surface area contributed by atoms with Crippen LogP contribution in [0.4, 0.5) is 0 Å². The Hall–Kier alpha value is -0.0200. The van der Waals surface area contributed by atoms with Crippen LogP contribution < -0.4 is 0 Å². The fourth-order valence-corrected chi connectivity index (χ4v) is 1.65. The van der Waals surface area contributed by atoms with Crippen LogP contribution in [0.15, 0.2) is 22.8 Å². The van der Waals surface area contributed by atoms with E-state index in [1.165, 1.54) is 0 Å². The molecule has 0 fully saturated rings. The van der Waals surface area contributed by atoms with Crippen molar-refractivity contribution in [3.05, 3.63) is 28.5 Å². The van der Waals surface area contributed by atoms with Gasteiger partial charge in [-0.25, -0.2) is 0 Å². The molecule has 0 N–H and O–H groups in total. The van der Waals surface area contributed by atoms with Crippen molar-refractivity contribution in [3.63, 3.8) is 0 Å². The van der Waals surface area contributed by atoms with Crippen molar-refractivity contribution >= 4 is 27.7 Å². The molecule has 0 spiro atoms. The molecule has 1 aromatic rings. The van der Waals surface area contributed by atoms with E-state index in [4.69, 9.17) is 0 Å². The van der Waals surface area contributed by atoms with Gasteiger partial charge in [-0.2, -0.15) is 11.8 Å². The molecule has 0 aliphatic carbocycles. The van der Waals surface area contributed by atoms with Gasteiger partial charge in [0.25, 0.3) is 0 Å². The zero-order chi connectivity index (χ0) is 8.97. The van der Waals surface area contributed by atoms with Gasteiger partial charge in [-0.1, -0.05) is 13.8 Å². The molecule has 0 saturated carbocycles. The summed E-state index contributed by atoms with van der Waals surface area (Å²) in [4.78, 5) is 4.28. The van der Waals surface area contributed by atoms with E-state index in [1.54, 1.807) is 0 Å². The summed E-state index contributed by atoms with van der Waals surface area (Å²) in [7, 11) is 0. The van der Waals surface area contributed by atoms with Crippen molar-refractivity contribution in [2.24, 2.45) is 0 Å². The molecule has 66 valence electrons. The summed E-state index contributed by atoms with van der Waals surface area (Å²) in [5.74, 6) is 1.00. The molecule has 1 nitrogen and oxygen atoms in total. The zero-order valence-electron chi connectivity index (χ0n) is 7.25. The van der Waals surface area contributed by atoms with Gasteiger partial charge in [-0.15, -0.1) is 0 Å². The number of hydrogen-bond acceptors (Lipinski definition) is 2. The largest absolute Gasteiger partial charge is 0.259 e. The average Bonchev–Trinajstić information content (AvgIpc) is 2.03. The van der Waals surface area contributed by atoms with E-state index in [0.717, 1.165) is 15.9 Å². The van der Waals surface area contributed by atoms with E-state index in [0.29, 0.717) is 5.25 Å². The summed E-state index contributed by atoms with van der Waals surface area (Å²) < 4.78 is 1.04. The number of thioether (sulfide) groups is 1. The van der Waals surface area contributed by atoms with Gasteiger partial charge in [-0.05, 0) is 33.3 Å². The lowest BCUT2D eigenvalue weighted by Crippen LogP contribution is -1.91. The molecule has 0 saturated heterocycles. The predicted molar refractivity (Wildman–Crippen MR) is 58.4 cm³/mol. The van der Waals surface area contributed by atoms with E-state index < -0.39 is 0 Å². The predicted octanol–water partition coefficient (Wildman–Crippen LogP) is 3.49. The second-order valence-corrected chi connectivity index (χ2v) is 5.31. The van der Waals surface area contributed by atoms with Gasteiger partial charge < -0.3 is 0 Å². The molecule has 0 amide bonds. The van der Waals surface area contributed by atoms with Crippen LogP contribution in [0.2, 0.25) is 0 Å². The minimum Gasteiger partial charge on any atom is -0.259 e. The highest BCUT2D eigenvalue weighted by Crippen LogP contribution is 2.16. The van der Waals surface area contributed by atoms with E-state index in [-0.39, 0.29) is 0 Å². The molecular formula is C9H12BrNS. The monoisotopic (exact) mass is 245 g/mol. The fourth-order valence-electron chi connectivity index (χ4n) is 0.744. The first kappa shape index (κ1) is 10.1. The van der Waals surface area contributed by atoms with Crippen LogP contribution in [0.1, 0.15) is 19.5 Å². The Morgan fingerprint density at radius 1 is 1.50 bits per heavy atom. The van der Waals surface area contributed by atoms with Crippen LogP contribution >= 0.6 is 27.7 Å². The summed E-state index contributed by atoms with van der Waals surface area (Å²) in [6.45, 7) is 4.40. The Balaban J connectivity index is 2.48. The fraction of sp³-hybridized carbons (Fsp3) is 0.444. The Morgan fingerprint density at radius 3 is 2.75 bits per heavy atom. The van der Waals surface area contributed by atoms with Crippen molar-refractivity contribution in [2.45, 2.75) is 24.9 Å². The quantitative estimate of drug-likeness (QED) is 0.809. The summed E-state index contributed by atoms with van der Waals surface area (Å²) in [6.07, 6.45) is 1.84. The van der Waals surface area contributed by atoms with Crippen LogP contribution in [0.25, 0.3) is 0 Å². The maximum Gasteiger partial charge on any atom is 0.0503 e. The molecular weight excluding hydrogens is 234 g/mol. The number of halogens is 1.